The van der Waals surface area contributed by atoms with Crippen molar-refractivity contribution in [2.75, 3.05) is 5.32 Å². The number of aromatic nitrogens is 3. The largest absolute Gasteiger partial charge is 0.416 e. The maximum absolute atomic E-state index is 12.8. The van der Waals surface area contributed by atoms with Crippen LogP contribution in [0.3, 0.4) is 0 Å². The molecule has 0 saturated heterocycles. The Morgan fingerprint density at radius 3 is 2.65 bits per heavy atom. The predicted octanol–water partition coefficient (Wildman–Crippen LogP) is 3.53. The SMILES string of the molecule is O=C(Cc1cccc(C(F)(F)F)c1)Nc1ccccc1Cn1cncn1. The molecule has 0 aliphatic heterocycles. The van der Waals surface area contributed by atoms with Gasteiger partial charge in [0, 0.05) is 5.69 Å². The van der Waals surface area contributed by atoms with E-state index in [0.29, 0.717) is 17.8 Å². The van der Waals surface area contributed by atoms with Crippen LogP contribution < -0.4 is 5.32 Å². The van der Waals surface area contributed by atoms with E-state index in [9.17, 15) is 18.0 Å². The van der Waals surface area contributed by atoms with E-state index in [4.69, 9.17) is 0 Å². The number of anilines is 1. The first-order valence-corrected chi connectivity index (χ1v) is 7.78. The summed E-state index contributed by atoms with van der Waals surface area (Å²) in [6.45, 7) is 0.417. The second-order valence-corrected chi connectivity index (χ2v) is 5.67. The van der Waals surface area contributed by atoms with Gasteiger partial charge < -0.3 is 5.32 Å². The van der Waals surface area contributed by atoms with Crippen LogP contribution in [-0.2, 0) is 23.9 Å². The van der Waals surface area contributed by atoms with E-state index in [2.05, 4.69) is 15.4 Å². The van der Waals surface area contributed by atoms with Crippen LogP contribution in [0.25, 0.3) is 0 Å². The number of benzene rings is 2. The van der Waals surface area contributed by atoms with Crippen LogP contribution in [0.2, 0.25) is 0 Å². The Balaban J connectivity index is 1.71. The lowest BCUT2D eigenvalue weighted by molar-refractivity contribution is -0.137. The van der Waals surface area contributed by atoms with Gasteiger partial charge in [-0.25, -0.2) is 9.67 Å². The topological polar surface area (TPSA) is 59.8 Å². The highest BCUT2D eigenvalue weighted by atomic mass is 19.4. The van der Waals surface area contributed by atoms with Crippen LogP contribution in [0.1, 0.15) is 16.7 Å². The molecule has 1 amide bonds. The van der Waals surface area contributed by atoms with Crippen LogP contribution in [0.4, 0.5) is 18.9 Å². The molecule has 0 radical (unpaired) electrons. The van der Waals surface area contributed by atoms with Crippen LogP contribution in [0, 0.1) is 0 Å². The average molecular weight is 360 g/mol. The number of nitrogens with zero attached hydrogens (tertiary/aromatic N) is 3. The third-order valence-electron chi connectivity index (χ3n) is 3.71. The van der Waals surface area contributed by atoms with E-state index in [0.717, 1.165) is 17.7 Å². The fraction of sp³-hybridized carbons (Fsp3) is 0.167. The zero-order valence-electron chi connectivity index (χ0n) is 13.6. The molecule has 0 unspecified atom stereocenters. The van der Waals surface area contributed by atoms with Crippen molar-refractivity contribution >= 4 is 11.6 Å². The number of carbonyl (C=O) groups excluding carboxylic acids is 1. The van der Waals surface area contributed by atoms with E-state index in [-0.39, 0.29) is 6.42 Å². The maximum atomic E-state index is 12.8. The summed E-state index contributed by atoms with van der Waals surface area (Å²) in [4.78, 5) is 16.1. The van der Waals surface area contributed by atoms with E-state index in [1.807, 2.05) is 12.1 Å². The number of para-hydroxylation sites is 1. The van der Waals surface area contributed by atoms with Crippen LogP contribution in [0.15, 0.2) is 61.2 Å². The fourth-order valence-electron chi connectivity index (χ4n) is 2.51. The Hall–Kier alpha value is -3.16. The molecule has 0 bridgehead atoms. The summed E-state index contributed by atoms with van der Waals surface area (Å²) < 4.78 is 39.9. The molecule has 134 valence electrons. The van der Waals surface area contributed by atoms with Crippen molar-refractivity contribution in [3.05, 3.63) is 77.9 Å². The molecule has 1 aromatic heterocycles. The predicted molar refractivity (Wildman–Crippen MR) is 89.3 cm³/mol. The van der Waals surface area contributed by atoms with Crippen molar-refractivity contribution in [2.24, 2.45) is 0 Å². The summed E-state index contributed by atoms with van der Waals surface area (Å²) >= 11 is 0. The van der Waals surface area contributed by atoms with Gasteiger partial charge in [-0.05, 0) is 23.3 Å². The summed E-state index contributed by atoms with van der Waals surface area (Å²) in [6.07, 6.45) is -1.62. The van der Waals surface area contributed by atoms with E-state index < -0.39 is 17.6 Å². The quantitative estimate of drug-likeness (QED) is 0.757. The molecular formula is C18H15F3N4O. The second-order valence-electron chi connectivity index (χ2n) is 5.67. The van der Waals surface area contributed by atoms with Gasteiger partial charge in [0.1, 0.15) is 12.7 Å². The van der Waals surface area contributed by atoms with Gasteiger partial charge in [-0.1, -0.05) is 36.4 Å². The van der Waals surface area contributed by atoms with Gasteiger partial charge in [-0.15, -0.1) is 0 Å². The highest BCUT2D eigenvalue weighted by molar-refractivity contribution is 5.93. The van der Waals surface area contributed by atoms with Crippen LogP contribution in [-0.4, -0.2) is 20.7 Å². The molecule has 1 N–H and O–H groups in total. The monoisotopic (exact) mass is 360 g/mol. The zero-order valence-corrected chi connectivity index (χ0v) is 13.6. The number of rotatable bonds is 5. The molecule has 26 heavy (non-hydrogen) atoms. The zero-order chi connectivity index (χ0) is 18.6. The summed E-state index contributed by atoms with van der Waals surface area (Å²) in [5, 5.41) is 6.77. The Morgan fingerprint density at radius 1 is 1.12 bits per heavy atom. The molecule has 0 fully saturated rings. The highest BCUT2D eigenvalue weighted by Crippen LogP contribution is 2.29. The standard InChI is InChI=1S/C18H15F3N4O/c19-18(20,21)15-6-3-4-13(8-15)9-17(26)24-16-7-2-1-5-14(16)10-25-12-22-11-23-25/h1-8,11-12H,9-10H2,(H,24,26). The number of hydrogen-bond donors (Lipinski definition) is 1. The van der Waals surface area contributed by atoms with E-state index in [1.165, 1.54) is 18.5 Å². The molecule has 5 nitrogen and oxygen atoms in total. The first kappa shape index (κ1) is 17.7. The minimum atomic E-state index is -4.43. The molecule has 0 saturated carbocycles. The smallest absolute Gasteiger partial charge is 0.325 e. The Morgan fingerprint density at radius 2 is 1.92 bits per heavy atom. The summed E-state index contributed by atoms with van der Waals surface area (Å²) in [5.74, 6) is -0.393. The van der Waals surface area contributed by atoms with Crippen molar-refractivity contribution < 1.29 is 18.0 Å². The number of carbonyl (C=O) groups is 1. The number of amides is 1. The lowest BCUT2D eigenvalue weighted by atomic mass is 10.1. The molecule has 3 rings (SSSR count). The van der Waals surface area contributed by atoms with E-state index >= 15 is 0 Å². The molecule has 3 aromatic rings. The van der Waals surface area contributed by atoms with Crippen molar-refractivity contribution in [1.82, 2.24) is 14.8 Å². The Kier molecular flexibility index (Phi) is 5.01. The lowest BCUT2D eigenvalue weighted by Gasteiger charge is -2.12. The molecular weight excluding hydrogens is 345 g/mol. The normalized spacial score (nSPS) is 11.3. The average Bonchev–Trinajstić information content (AvgIpc) is 3.09. The van der Waals surface area contributed by atoms with Crippen molar-refractivity contribution in [3.8, 4) is 0 Å². The van der Waals surface area contributed by atoms with Gasteiger partial charge in [-0.2, -0.15) is 18.3 Å². The van der Waals surface area contributed by atoms with Gasteiger partial charge in [0.15, 0.2) is 0 Å². The molecule has 0 aliphatic carbocycles. The van der Waals surface area contributed by atoms with E-state index in [1.54, 1.807) is 23.1 Å². The lowest BCUT2D eigenvalue weighted by Crippen LogP contribution is -2.17. The minimum Gasteiger partial charge on any atom is -0.325 e. The second kappa shape index (κ2) is 7.38. The number of nitrogens with one attached hydrogen (secondary N) is 1. The third kappa shape index (κ3) is 4.47. The Labute approximate surface area is 147 Å². The third-order valence-corrected chi connectivity index (χ3v) is 3.71. The number of hydrogen-bond acceptors (Lipinski definition) is 3. The molecule has 2 aromatic carbocycles. The van der Waals surface area contributed by atoms with Gasteiger partial charge in [-0.3, -0.25) is 4.79 Å². The van der Waals surface area contributed by atoms with Crippen LogP contribution >= 0.6 is 0 Å². The first-order valence-electron chi connectivity index (χ1n) is 7.78. The number of alkyl halides is 3. The minimum absolute atomic E-state index is 0.151. The molecule has 0 atom stereocenters. The van der Waals surface area contributed by atoms with Gasteiger partial charge in [0.05, 0.1) is 18.5 Å². The van der Waals surface area contributed by atoms with Crippen LogP contribution in [0.5, 0.6) is 0 Å². The molecule has 1 heterocycles. The molecule has 0 spiro atoms. The number of halogens is 3. The van der Waals surface area contributed by atoms with Crippen molar-refractivity contribution in [2.45, 2.75) is 19.1 Å². The molecule has 8 heteroatoms. The van der Waals surface area contributed by atoms with Crippen molar-refractivity contribution in [1.29, 1.82) is 0 Å². The molecule has 0 aliphatic rings. The van der Waals surface area contributed by atoms with Gasteiger partial charge >= 0.3 is 6.18 Å². The summed E-state index contributed by atoms with van der Waals surface area (Å²) in [6, 6.07) is 11.9. The van der Waals surface area contributed by atoms with Crippen molar-refractivity contribution in [3.63, 3.8) is 0 Å². The maximum Gasteiger partial charge on any atom is 0.416 e. The first-order chi connectivity index (χ1) is 12.4. The highest BCUT2D eigenvalue weighted by Gasteiger charge is 2.30. The summed E-state index contributed by atoms with van der Waals surface area (Å²) in [5.41, 5.74) is 0.927. The fourth-order valence-corrected chi connectivity index (χ4v) is 2.51. The summed E-state index contributed by atoms with van der Waals surface area (Å²) in [7, 11) is 0. The van der Waals surface area contributed by atoms with Gasteiger partial charge in [0.2, 0.25) is 5.91 Å². The Bertz CT molecular complexity index is 891. The van der Waals surface area contributed by atoms with Gasteiger partial charge in [0.25, 0.3) is 0 Å².